The topological polar surface area (TPSA) is 51.2 Å². The first kappa shape index (κ1) is 22.0. The van der Waals surface area contributed by atoms with E-state index in [1.165, 1.54) is 4.90 Å². The summed E-state index contributed by atoms with van der Waals surface area (Å²) in [6.07, 6.45) is 5.60. The number of nitrogens with zero attached hydrogens (tertiary/aromatic N) is 4. The minimum absolute atomic E-state index is 0.0133. The van der Waals surface area contributed by atoms with E-state index in [0.717, 1.165) is 55.9 Å². The summed E-state index contributed by atoms with van der Waals surface area (Å²) in [6, 6.07) is 8.44. The Hall–Kier alpha value is -1.70. The highest BCUT2D eigenvalue weighted by Crippen LogP contribution is 2.20. The summed E-state index contributed by atoms with van der Waals surface area (Å²) in [7, 11) is 3.53. The Balaban J connectivity index is 1.53. The van der Waals surface area contributed by atoms with Crippen molar-refractivity contribution in [2.75, 3.05) is 59.1 Å². The third-order valence-electron chi connectivity index (χ3n) is 5.16. The molecule has 1 aromatic carbocycles. The van der Waals surface area contributed by atoms with Crippen molar-refractivity contribution < 1.29 is 4.79 Å². The van der Waals surface area contributed by atoms with Crippen LogP contribution < -0.4 is 5.32 Å². The van der Waals surface area contributed by atoms with Gasteiger partial charge in [-0.15, -0.1) is 11.8 Å². The van der Waals surface area contributed by atoms with Gasteiger partial charge >= 0.3 is 0 Å². The summed E-state index contributed by atoms with van der Waals surface area (Å²) in [5.74, 6) is 1.76. The lowest BCUT2D eigenvalue weighted by Crippen LogP contribution is -2.44. The third-order valence-corrected chi connectivity index (χ3v) is 6.42. The van der Waals surface area contributed by atoms with Crippen molar-refractivity contribution in [3.8, 4) is 0 Å². The standard InChI is InChI=1S/C21H30ClN5OS/c1-25(2)20(28)15-24-21(23-10-14-29-19-7-5-17(22)6-8-19)27-13-9-18(16-27)26-11-3-4-12-26/h3-8,18H,9-16H2,1-2H3,(H,23,24). The zero-order valence-electron chi connectivity index (χ0n) is 17.2. The fourth-order valence-electron chi connectivity index (χ4n) is 3.44. The summed E-state index contributed by atoms with van der Waals surface area (Å²) >= 11 is 7.72. The van der Waals surface area contributed by atoms with E-state index in [0.29, 0.717) is 6.04 Å². The maximum Gasteiger partial charge on any atom is 0.243 e. The highest BCUT2D eigenvalue weighted by atomic mass is 35.5. The van der Waals surface area contributed by atoms with Crippen LogP contribution in [-0.2, 0) is 4.79 Å². The van der Waals surface area contributed by atoms with Gasteiger partial charge in [-0.2, -0.15) is 0 Å². The Morgan fingerprint density at radius 2 is 2.00 bits per heavy atom. The lowest BCUT2D eigenvalue weighted by Gasteiger charge is -2.25. The van der Waals surface area contributed by atoms with Gasteiger partial charge in [0.15, 0.2) is 5.96 Å². The Bertz CT molecular complexity index is 729. The van der Waals surface area contributed by atoms with Gasteiger partial charge < -0.3 is 15.1 Å². The van der Waals surface area contributed by atoms with Crippen LogP contribution in [0.1, 0.15) is 6.42 Å². The van der Waals surface area contributed by atoms with Crippen molar-refractivity contribution in [3.05, 3.63) is 41.4 Å². The summed E-state index contributed by atoms with van der Waals surface area (Å²) in [6.45, 7) is 4.95. The molecular formula is C21H30ClN5OS. The van der Waals surface area contributed by atoms with Crippen LogP contribution in [0.4, 0.5) is 0 Å². The zero-order chi connectivity index (χ0) is 20.6. The fourth-order valence-corrected chi connectivity index (χ4v) is 4.33. The average molecular weight is 436 g/mol. The van der Waals surface area contributed by atoms with Crippen LogP contribution in [0.2, 0.25) is 5.02 Å². The number of rotatable bonds is 7. The van der Waals surface area contributed by atoms with Gasteiger partial charge in [0.2, 0.25) is 5.91 Å². The van der Waals surface area contributed by atoms with Crippen molar-refractivity contribution >= 4 is 35.2 Å². The Labute approximate surface area is 183 Å². The van der Waals surface area contributed by atoms with Crippen molar-refractivity contribution in [2.45, 2.75) is 17.4 Å². The van der Waals surface area contributed by atoms with Gasteiger partial charge in [0.25, 0.3) is 0 Å². The molecule has 0 radical (unpaired) electrons. The molecule has 3 rings (SSSR count). The molecule has 6 nitrogen and oxygen atoms in total. The summed E-state index contributed by atoms with van der Waals surface area (Å²) < 4.78 is 0. The number of halogens is 1. The molecule has 8 heteroatoms. The van der Waals surface area contributed by atoms with E-state index in [4.69, 9.17) is 11.6 Å². The molecule has 1 unspecified atom stereocenters. The maximum atomic E-state index is 12.0. The second-order valence-corrected chi connectivity index (χ2v) is 9.08. The zero-order valence-corrected chi connectivity index (χ0v) is 18.8. The number of likely N-dealkylation sites (N-methyl/N-ethyl adjacent to an activating group) is 1. The number of likely N-dealkylation sites (tertiary alicyclic amines) is 1. The molecule has 1 aromatic rings. The molecule has 2 heterocycles. The first-order valence-corrected chi connectivity index (χ1v) is 11.4. The second-order valence-electron chi connectivity index (χ2n) is 7.47. The highest BCUT2D eigenvalue weighted by molar-refractivity contribution is 7.99. The number of hydrogen-bond acceptors (Lipinski definition) is 4. The van der Waals surface area contributed by atoms with Crippen molar-refractivity contribution in [1.29, 1.82) is 0 Å². The molecular weight excluding hydrogens is 406 g/mol. The van der Waals surface area contributed by atoms with Crippen LogP contribution in [0, 0.1) is 0 Å². The van der Waals surface area contributed by atoms with Gasteiger partial charge in [0, 0.05) is 68.5 Å². The number of carbonyl (C=O) groups is 1. The van der Waals surface area contributed by atoms with E-state index in [-0.39, 0.29) is 12.5 Å². The van der Waals surface area contributed by atoms with Crippen molar-refractivity contribution in [2.24, 2.45) is 4.99 Å². The predicted molar refractivity (Wildman–Crippen MR) is 122 cm³/mol. The van der Waals surface area contributed by atoms with Crippen molar-refractivity contribution in [3.63, 3.8) is 0 Å². The lowest BCUT2D eigenvalue weighted by atomic mass is 10.2. The van der Waals surface area contributed by atoms with Crippen LogP contribution in [0.15, 0.2) is 46.3 Å². The van der Waals surface area contributed by atoms with E-state index in [1.807, 2.05) is 24.3 Å². The minimum atomic E-state index is 0.0133. The minimum Gasteiger partial charge on any atom is -0.355 e. The molecule has 1 fully saturated rings. The largest absolute Gasteiger partial charge is 0.355 e. The number of aliphatic imine (C=N–C) groups is 1. The van der Waals surface area contributed by atoms with E-state index in [9.17, 15) is 4.79 Å². The van der Waals surface area contributed by atoms with Gasteiger partial charge in [-0.25, -0.2) is 4.99 Å². The number of thioether (sulfide) groups is 1. The van der Waals surface area contributed by atoms with E-state index in [1.54, 1.807) is 30.8 Å². The molecule has 158 valence electrons. The predicted octanol–water partition coefficient (Wildman–Crippen LogP) is 2.41. The molecule has 0 bridgehead atoms. The SMILES string of the molecule is CN(C)C(=O)CN=C(NCCSc1ccc(Cl)cc1)N1CCC(N2CC=CC2)C1. The normalized spacial score (nSPS) is 19.8. The molecule has 0 aliphatic carbocycles. The summed E-state index contributed by atoms with van der Waals surface area (Å²) in [5, 5.41) is 4.23. The average Bonchev–Trinajstić information content (AvgIpc) is 3.40. The lowest BCUT2D eigenvalue weighted by molar-refractivity contribution is -0.127. The van der Waals surface area contributed by atoms with Gasteiger partial charge in [-0.1, -0.05) is 23.8 Å². The third kappa shape index (κ3) is 6.66. The number of amides is 1. The monoisotopic (exact) mass is 435 g/mol. The Morgan fingerprint density at radius 3 is 2.69 bits per heavy atom. The van der Waals surface area contributed by atoms with Crippen LogP contribution >= 0.6 is 23.4 Å². The van der Waals surface area contributed by atoms with Gasteiger partial charge in [0.1, 0.15) is 6.54 Å². The summed E-state index contributed by atoms with van der Waals surface area (Å²) in [4.78, 5) is 24.2. The number of hydrogen-bond donors (Lipinski definition) is 1. The fraction of sp³-hybridized carbons (Fsp3) is 0.524. The van der Waals surface area contributed by atoms with E-state index < -0.39 is 0 Å². The van der Waals surface area contributed by atoms with E-state index in [2.05, 4.69) is 32.3 Å². The molecule has 0 spiro atoms. The molecule has 1 N–H and O–H groups in total. The summed E-state index contributed by atoms with van der Waals surface area (Å²) in [5.41, 5.74) is 0. The van der Waals surface area contributed by atoms with E-state index >= 15 is 0 Å². The molecule has 29 heavy (non-hydrogen) atoms. The second kappa shape index (κ2) is 10.9. The Morgan fingerprint density at radius 1 is 1.28 bits per heavy atom. The van der Waals surface area contributed by atoms with Crippen LogP contribution in [0.5, 0.6) is 0 Å². The van der Waals surface area contributed by atoms with Gasteiger partial charge in [-0.3, -0.25) is 9.69 Å². The quantitative estimate of drug-likeness (QED) is 0.234. The maximum absolute atomic E-state index is 12.0. The van der Waals surface area contributed by atoms with Gasteiger partial charge in [-0.05, 0) is 30.7 Å². The van der Waals surface area contributed by atoms with Crippen LogP contribution in [-0.4, -0.2) is 91.7 Å². The first-order valence-electron chi connectivity index (χ1n) is 10.0. The molecule has 1 saturated heterocycles. The molecule has 1 amide bonds. The Kier molecular flexibility index (Phi) is 8.27. The molecule has 2 aliphatic heterocycles. The van der Waals surface area contributed by atoms with Gasteiger partial charge in [0.05, 0.1) is 0 Å². The number of benzene rings is 1. The highest BCUT2D eigenvalue weighted by Gasteiger charge is 2.29. The number of nitrogens with one attached hydrogen (secondary N) is 1. The number of guanidine groups is 1. The van der Waals surface area contributed by atoms with Crippen LogP contribution in [0.25, 0.3) is 0 Å². The molecule has 0 aromatic heterocycles. The molecule has 2 aliphatic rings. The number of carbonyl (C=O) groups excluding carboxylic acids is 1. The first-order chi connectivity index (χ1) is 14.0. The molecule has 0 saturated carbocycles. The van der Waals surface area contributed by atoms with Crippen molar-refractivity contribution in [1.82, 2.24) is 20.0 Å². The molecule has 1 atom stereocenters. The van der Waals surface area contributed by atoms with Crippen LogP contribution in [0.3, 0.4) is 0 Å². The smallest absolute Gasteiger partial charge is 0.243 e.